The van der Waals surface area contributed by atoms with Crippen molar-refractivity contribution in [1.82, 2.24) is 19.9 Å². The minimum atomic E-state index is -0.103. The maximum atomic E-state index is 13.0. The first-order valence-electron chi connectivity index (χ1n) is 9.39. The number of aromatic nitrogens is 3. The first-order valence-corrected chi connectivity index (χ1v) is 9.39. The standard InChI is InChI=1S/C23H24N4O/c1-14-11-17(21-20(12-14)15(2)16(3)26-21)13-25-23(28)19-8-6-5-7-18(19)22-24-9-10-27(22)4/h5-12,26H,13H2,1-4H3,(H,25,28). The molecule has 4 rings (SSSR count). The Bertz CT molecular complexity index is 1180. The third-order valence-electron chi connectivity index (χ3n) is 5.32. The summed E-state index contributed by atoms with van der Waals surface area (Å²) in [7, 11) is 1.93. The zero-order valence-electron chi connectivity index (χ0n) is 16.6. The largest absolute Gasteiger partial charge is 0.358 e. The zero-order valence-corrected chi connectivity index (χ0v) is 16.6. The van der Waals surface area contributed by atoms with E-state index in [2.05, 4.69) is 48.2 Å². The summed E-state index contributed by atoms with van der Waals surface area (Å²) < 4.78 is 1.92. The molecular formula is C23H24N4O. The quantitative estimate of drug-likeness (QED) is 0.557. The van der Waals surface area contributed by atoms with Gasteiger partial charge in [0.25, 0.3) is 5.91 Å². The summed E-state index contributed by atoms with van der Waals surface area (Å²) in [4.78, 5) is 20.8. The van der Waals surface area contributed by atoms with E-state index in [1.165, 1.54) is 16.5 Å². The summed E-state index contributed by atoms with van der Waals surface area (Å²) in [6.45, 7) is 6.75. The van der Waals surface area contributed by atoms with Crippen LogP contribution < -0.4 is 5.32 Å². The van der Waals surface area contributed by atoms with Crippen LogP contribution in [0.15, 0.2) is 48.8 Å². The average Bonchev–Trinajstić information content (AvgIpc) is 3.23. The van der Waals surface area contributed by atoms with Gasteiger partial charge < -0.3 is 14.9 Å². The number of amides is 1. The topological polar surface area (TPSA) is 62.7 Å². The summed E-state index contributed by atoms with van der Waals surface area (Å²) in [5.74, 6) is 0.674. The van der Waals surface area contributed by atoms with Crippen LogP contribution in [0.1, 0.15) is 32.7 Å². The van der Waals surface area contributed by atoms with Crippen molar-refractivity contribution in [3.05, 3.63) is 76.7 Å². The molecule has 0 fully saturated rings. The highest BCUT2D eigenvalue weighted by molar-refractivity contribution is 6.00. The molecule has 0 saturated heterocycles. The number of rotatable bonds is 4. The van der Waals surface area contributed by atoms with Crippen molar-refractivity contribution < 1.29 is 4.79 Å². The molecular weight excluding hydrogens is 348 g/mol. The number of benzene rings is 2. The molecule has 0 aliphatic rings. The van der Waals surface area contributed by atoms with E-state index in [0.717, 1.165) is 28.2 Å². The number of fused-ring (bicyclic) bond motifs is 1. The van der Waals surface area contributed by atoms with Gasteiger partial charge >= 0.3 is 0 Å². The van der Waals surface area contributed by atoms with E-state index in [4.69, 9.17) is 0 Å². The van der Waals surface area contributed by atoms with Crippen LogP contribution in [-0.2, 0) is 13.6 Å². The molecule has 2 aromatic heterocycles. The number of carbonyl (C=O) groups excluding carboxylic acids is 1. The Balaban J connectivity index is 1.64. The van der Waals surface area contributed by atoms with Gasteiger partial charge in [-0.3, -0.25) is 4.79 Å². The second kappa shape index (κ2) is 7.00. The molecule has 0 spiro atoms. The Morgan fingerprint density at radius 1 is 1.18 bits per heavy atom. The van der Waals surface area contributed by atoms with E-state index in [1.807, 2.05) is 42.1 Å². The van der Waals surface area contributed by atoms with Crippen molar-refractivity contribution in [1.29, 1.82) is 0 Å². The molecule has 2 N–H and O–H groups in total. The fraction of sp³-hybridized carbons (Fsp3) is 0.217. The van der Waals surface area contributed by atoms with Gasteiger partial charge in [0.1, 0.15) is 5.82 Å². The van der Waals surface area contributed by atoms with Crippen LogP contribution in [0, 0.1) is 20.8 Å². The Hall–Kier alpha value is -3.34. The van der Waals surface area contributed by atoms with Gasteiger partial charge in [-0.25, -0.2) is 4.98 Å². The van der Waals surface area contributed by atoms with Crippen molar-refractivity contribution in [3.63, 3.8) is 0 Å². The minimum absolute atomic E-state index is 0.103. The zero-order chi connectivity index (χ0) is 19.8. The van der Waals surface area contributed by atoms with Crippen molar-refractivity contribution in [3.8, 4) is 11.4 Å². The Morgan fingerprint density at radius 3 is 2.71 bits per heavy atom. The van der Waals surface area contributed by atoms with Gasteiger partial charge in [0.2, 0.25) is 0 Å². The lowest BCUT2D eigenvalue weighted by atomic mass is 10.0. The third kappa shape index (κ3) is 3.09. The van der Waals surface area contributed by atoms with E-state index in [1.54, 1.807) is 6.20 Å². The fourth-order valence-electron chi connectivity index (χ4n) is 3.70. The highest BCUT2D eigenvalue weighted by atomic mass is 16.1. The normalized spacial score (nSPS) is 11.1. The fourth-order valence-corrected chi connectivity index (χ4v) is 3.70. The van der Waals surface area contributed by atoms with Gasteiger partial charge in [0, 0.05) is 42.6 Å². The summed E-state index contributed by atoms with van der Waals surface area (Å²) >= 11 is 0. The molecule has 5 heteroatoms. The van der Waals surface area contributed by atoms with Crippen molar-refractivity contribution in [2.75, 3.05) is 0 Å². The van der Waals surface area contributed by atoms with E-state index in [0.29, 0.717) is 12.1 Å². The summed E-state index contributed by atoms with van der Waals surface area (Å²) in [5.41, 5.74) is 7.24. The maximum absolute atomic E-state index is 13.0. The lowest BCUT2D eigenvalue weighted by Gasteiger charge is -2.11. The van der Waals surface area contributed by atoms with E-state index >= 15 is 0 Å². The van der Waals surface area contributed by atoms with Gasteiger partial charge in [-0.15, -0.1) is 0 Å². The molecule has 0 aliphatic heterocycles. The van der Waals surface area contributed by atoms with Crippen LogP contribution in [-0.4, -0.2) is 20.4 Å². The summed E-state index contributed by atoms with van der Waals surface area (Å²) in [5, 5.41) is 4.31. The van der Waals surface area contributed by atoms with Crippen LogP contribution in [0.3, 0.4) is 0 Å². The minimum Gasteiger partial charge on any atom is -0.358 e. The molecule has 5 nitrogen and oxygen atoms in total. The molecule has 0 radical (unpaired) electrons. The first kappa shape index (κ1) is 18.0. The molecule has 0 atom stereocenters. The highest BCUT2D eigenvalue weighted by Crippen LogP contribution is 2.26. The average molecular weight is 372 g/mol. The maximum Gasteiger partial charge on any atom is 0.252 e. The molecule has 0 unspecified atom stereocenters. The number of carbonyl (C=O) groups is 1. The van der Waals surface area contributed by atoms with Crippen LogP contribution in [0.5, 0.6) is 0 Å². The van der Waals surface area contributed by atoms with Gasteiger partial charge in [0.15, 0.2) is 0 Å². The van der Waals surface area contributed by atoms with Crippen LogP contribution in [0.25, 0.3) is 22.3 Å². The Labute approximate surface area is 164 Å². The second-order valence-corrected chi connectivity index (χ2v) is 7.31. The van der Waals surface area contributed by atoms with E-state index in [-0.39, 0.29) is 5.91 Å². The third-order valence-corrected chi connectivity index (χ3v) is 5.32. The number of hydrogen-bond donors (Lipinski definition) is 2. The van der Waals surface area contributed by atoms with Crippen LogP contribution >= 0.6 is 0 Å². The second-order valence-electron chi connectivity index (χ2n) is 7.31. The summed E-state index contributed by atoms with van der Waals surface area (Å²) in [6.07, 6.45) is 3.62. The van der Waals surface area contributed by atoms with Crippen molar-refractivity contribution in [2.45, 2.75) is 27.3 Å². The number of nitrogens with zero attached hydrogens (tertiary/aromatic N) is 2. The predicted molar refractivity (Wildman–Crippen MR) is 112 cm³/mol. The molecule has 1 amide bonds. The Morgan fingerprint density at radius 2 is 1.96 bits per heavy atom. The molecule has 4 aromatic rings. The smallest absolute Gasteiger partial charge is 0.252 e. The SMILES string of the molecule is Cc1cc(CNC(=O)c2ccccc2-c2nccn2C)c2[nH]c(C)c(C)c2c1. The van der Waals surface area contributed by atoms with Crippen molar-refractivity contribution >= 4 is 16.8 Å². The van der Waals surface area contributed by atoms with Crippen molar-refractivity contribution in [2.24, 2.45) is 7.05 Å². The highest BCUT2D eigenvalue weighted by Gasteiger charge is 2.16. The molecule has 0 aliphatic carbocycles. The predicted octanol–water partition coefficient (Wildman–Crippen LogP) is 4.42. The van der Waals surface area contributed by atoms with Gasteiger partial charge in [-0.05, 0) is 44.0 Å². The number of imidazole rings is 1. The van der Waals surface area contributed by atoms with E-state index in [9.17, 15) is 4.79 Å². The lowest BCUT2D eigenvalue weighted by molar-refractivity contribution is 0.0951. The number of nitrogens with one attached hydrogen (secondary N) is 2. The monoisotopic (exact) mass is 372 g/mol. The molecule has 0 saturated carbocycles. The van der Waals surface area contributed by atoms with Gasteiger partial charge in [-0.1, -0.05) is 29.8 Å². The molecule has 142 valence electrons. The van der Waals surface area contributed by atoms with E-state index < -0.39 is 0 Å². The first-order chi connectivity index (χ1) is 13.5. The molecule has 28 heavy (non-hydrogen) atoms. The molecule has 0 bridgehead atoms. The number of aryl methyl sites for hydroxylation is 4. The van der Waals surface area contributed by atoms with Crippen LogP contribution in [0.4, 0.5) is 0 Å². The molecule has 2 heterocycles. The number of hydrogen-bond acceptors (Lipinski definition) is 2. The number of H-pyrrole nitrogens is 1. The van der Waals surface area contributed by atoms with Gasteiger partial charge in [-0.2, -0.15) is 0 Å². The lowest BCUT2D eigenvalue weighted by Crippen LogP contribution is -2.24. The van der Waals surface area contributed by atoms with Crippen LogP contribution in [0.2, 0.25) is 0 Å². The number of aromatic amines is 1. The molecule has 2 aromatic carbocycles. The van der Waals surface area contributed by atoms with Gasteiger partial charge in [0.05, 0.1) is 11.1 Å². The summed E-state index contributed by atoms with van der Waals surface area (Å²) in [6, 6.07) is 11.9. The Kier molecular flexibility index (Phi) is 4.51.